The molecule has 0 saturated carbocycles. The number of amides is 3. The van der Waals surface area contributed by atoms with Crippen LogP contribution in [0.15, 0.2) is 72.8 Å². The van der Waals surface area contributed by atoms with E-state index in [0.29, 0.717) is 34.8 Å². The van der Waals surface area contributed by atoms with E-state index in [1.54, 1.807) is 48.5 Å². The number of anilines is 1. The first kappa shape index (κ1) is 21.2. The lowest BCUT2D eigenvalue weighted by atomic mass is 10.1. The van der Waals surface area contributed by atoms with Gasteiger partial charge in [0.15, 0.2) is 0 Å². The van der Waals surface area contributed by atoms with Crippen molar-refractivity contribution in [3.63, 3.8) is 0 Å². The largest absolute Gasteiger partial charge is 0.368 e. The molecule has 0 spiro atoms. The Labute approximate surface area is 197 Å². The topological polar surface area (TPSA) is 60.9 Å². The molecule has 7 heteroatoms. The van der Waals surface area contributed by atoms with Crippen LogP contribution in [0.4, 0.5) is 5.69 Å². The minimum absolute atomic E-state index is 0.0203. The van der Waals surface area contributed by atoms with Gasteiger partial charge in [0.05, 0.1) is 17.7 Å². The summed E-state index contributed by atoms with van der Waals surface area (Å²) in [5.41, 5.74) is 3.33. The Bertz CT molecular complexity index is 1200. The zero-order valence-corrected chi connectivity index (χ0v) is 18.7. The van der Waals surface area contributed by atoms with Crippen molar-refractivity contribution in [2.75, 3.05) is 31.1 Å². The van der Waals surface area contributed by atoms with Crippen LogP contribution in [-0.4, -0.2) is 53.7 Å². The van der Waals surface area contributed by atoms with Gasteiger partial charge in [0, 0.05) is 42.5 Å². The first-order chi connectivity index (χ1) is 16.0. The van der Waals surface area contributed by atoms with Crippen LogP contribution < -0.4 is 4.90 Å². The maximum Gasteiger partial charge on any atom is 0.261 e. The summed E-state index contributed by atoms with van der Waals surface area (Å²) in [5, 5.41) is 0.701. The van der Waals surface area contributed by atoms with E-state index < -0.39 is 0 Å². The Balaban J connectivity index is 1.21. The summed E-state index contributed by atoms with van der Waals surface area (Å²) in [4.78, 5) is 43.4. The fourth-order valence-electron chi connectivity index (χ4n) is 4.34. The van der Waals surface area contributed by atoms with Crippen LogP contribution in [0.5, 0.6) is 0 Å². The van der Waals surface area contributed by atoms with Gasteiger partial charge in [0.25, 0.3) is 17.7 Å². The van der Waals surface area contributed by atoms with Gasteiger partial charge < -0.3 is 9.80 Å². The molecule has 6 nitrogen and oxygen atoms in total. The average molecular weight is 460 g/mol. The Hall–Kier alpha value is -3.64. The zero-order valence-electron chi connectivity index (χ0n) is 17.9. The zero-order chi connectivity index (χ0) is 22.9. The SMILES string of the molecule is O=C(c1ccc(CN2C(=O)c3ccccc3C2=O)cc1)N1CCN(c2cccc(Cl)c2)CC1. The first-order valence-electron chi connectivity index (χ1n) is 10.9. The van der Waals surface area contributed by atoms with Gasteiger partial charge in [-0.3, -0.25) is 19.3 Å². The van der Waals surface area contributed by atoms with Gasteiger partial charge in [-0.2, -0.15) is 0 Å². The summed E-state index contributed by atoms with van der Waals surface area (Å²) in [6.07, 6.45) is 0. The van der Waals surface area contributed by atoms with E-state index in [1.807, 2.05) is 29.2 Å². The molecule has 0 aliphatic carbocycles. The fourth-order valence-corrected chi connectivity index (χ4v) is 4.53. The summed E-state index contributed by atoms with van der Waals surface area (Å²) in [5.74, 6) is -0.588. The van der Waals surface area contributed by atoms with Crippen molar-refractivity contribution in [1.82, 2.24) is 9.80 Å². The molecule has 0 aromatic heterocycles. The highest BCUT2D eigenvalue weighted by Crippen LogP contribution is 2.25. The van der Waals surface area contributed by atoms with E-state index in [-0.39, 0.29) is 24.3 Å². The summed E-state index contributed by atoms with van der Waals surface area (Å²) in [7, 11) is 0. The van der Waals surface area contributed by atoms with Crippen LogP contribution in [0.3, 0.4) is 0 Å². The predicted octanol–water partition coefficient (Wildman–Crippen LogP) is 4.10. The van der Waals surface area contributed by atoms with E-state index in [1.165, 1.54) is 4.90 Å². The number of halogens is 1. The minimum Gasteiger partial charge on any atom is -0.368 e. The molecule has 1 saturated heterocycles. The molecule has 0 unspecified atom stereocenters. The second kappa shape index (κ2) is 8.71. The normalized spacial score (nSPS) is 15.7. The second-order valence-electron chi connectivity index (χ2n) is 8.20. The standard InChI is InChI=1S/C26H22ClN3O3/c27-20-4-3-5-21(16-20)28-12-14-29(15-13-28)24(31)19-10-8-18(9-11-19)17-30-25(32)22-6-1-2-7-23(22)26(30)33/h1-11,16H,12-15,17H2. The Morgan fingerprint density at radius 1 is 0.788 bits per heavy atom. The smallest absolute Gasteiger partial charge is 0.261 e. The third-order valence-corrected chi connectivity index (χ3v) is 6.40. The lowest BCUT2D eigenvalue weighted by molar-refractivity contribution is 0.0640. The van der Waals surface area contributed by atoms with Gasteiger partial charge in [-0.05, 0) is 48.0 Å². The third-order valence-electron chi connectivity index (χ3n) is 6.16. The molecule has 0 bridgehead atoms. The van der Waals surface area contributed by atoms with Gasteiger partial charge >= 0.3 is 0 Å². The van der Waals surface area contributed by atoms with E-state index >= 15 is 0 Å². The molecule has 0 radical (unpaired) electrons. The molecule has 166 valence electrons. The number of carbonyl (C=O) groups is 3. The lowest BCUT2D eigenvalue weighted by Crippen LogP contribution is -2.48. The maximum atomic E-state index is 13.0. The number of benzene rings is 3. The van der Waals surface area contributed by atoms with Crippen LogP contribution in [0.2, 0.25) is 5.02 Å². The third kappa shape index (κ3) is 4.10. The number of nitrogens with zero attached hydrogens (tertiary/aromatic N) is 3. The molecule has 2 aliphatic heterocycles. The van der Waals surface area contributed by atoms with Gasteiger partial charge in [0.1, 0.15) is 0 Å². The van der Waals surface area contributed by atoms with Crippen molar-refractivity contribution >= 4 is 35.0 Å². The molecule has 2 aliphatic rings. The monoisotopic (exact) mass is 459 g/mol. The van der Waals surface area contributed by atoms with Crippen LogP contribution in [0.1, 0.15) is 36.6 Å². The Kier molecular flexibility index (Phi) is 5.60. The van der Waals surface area contributed by atoms with Crippen molar-refractivity contribution in [3.8, 4) is 0 Å². The Morgan fingerprint density at radius 2 is 1.42 bits per heavy atom. The molecular formula is C26H22ClN3O3. The highest BCUT2D eigenvalue weighted by atomic mass is 35.5. The van der Waals surface area contributed by atoms with Gasteiger partial charge in [-0.25, -0.2) is 0 Å². The second-order valence-corrected chi connectivity index (χ2v) is 8.63. The van der Waals surface area contributed by atoms with Crippen LogP contribution >= 0.6 is 11.6 Å². The lowest BCUT2D eigenvalue weighted by Gasteiger charge is -2.36. The molecule has 1 fully saturated rings. The minimum atomic E-state index is -0.284. The van der Waals surface area contributed by atoms with E-state index in [9.17, 15) is 14.4 Å². The predicted molar refractivity (Wildman–Crippen MR) is 127 cm³/mol. The molecule has 3 aromatic carbocycles. The van der Waals surface area contributed by atoms with Crippen LogP contribution in [-0.2, 0) is 6.54 Å². The number of hydrogen-bond donors (Lipinski definition) is 0. The van der Waals surface area contributed by atoms with Crippen LogP contribution in [0, 0.1) is 0 Å². The molecule has 33 heavy (non-hydrogen) atoms. The average Bonchev–Trinajstić information content (AvgIpc) is 3.09. The molecule has 5 rings (SSSR count). The summed E-state index contributed by atoms with van der Waals surface area (Å²) >= 11 is 6.10. The van der Waals surface area contributed by atoms with Gasteiger partial charge in [-0.1, -0.05) is 41.9 Å². The fraction of sp³-hybridized carbons (Fsp3) is 0.192. The number of fused-ring (bicyclic) bond motifs is 1. The number of piperazine rings is 1. The first-order valence-corrected chi connectivity index (χ1v) is 11.2. The quantitative estimate of drug-likeness (QED) is 0.551. The highest BCUT2D eigenvalue weighted by molar-refractivity contribution is 6.30. The van der Waals surface area contributed by atoms with E-state index in [2.05, 4.69) is 4.90 Å². The summed E-state index contributed by atoms with van der Waals surface area (Å²) < 4.78 is 0. The number of imide groups is 1. The highest BCUT2D eigenvalue weighted by Gasteiger charge is 2.35. The molecular weight excluding hydrogens is 438 g/mol. The molecule has 2 heterocycles. The number of rotatable bonds is 4. The molecule has 3 aromatic rings. The number of carbonyl (C=O) groups excluding carboxylic acids is 3. The summed E-state index contributed by atoms with van der Waals surface area (Å²) in [6.45, 7) is 2.91. The van der Waals surface area contributed by atoms with Crippen molar-refractivity contribution in [3.05, 3.63) is 100 Å². The van der Waals surface area contributed by atoms with E-state index in [0.717, 1.165) is 24.3 Å². The van der Waals surface area contributed by atoms with Gasteiger partial charge in [-0.15, -0.1) is 0 Å². The van der Waals surface area contributed by atoms with Crippen molar-refractivity contribution in [2.24, 2.45) is 0 Å². The Morgan fingerprint density at radius 3 is 2.03 bits per heavy atom. The molecule has 0 N–H and O–H groups in total. The maximum absolute atomic E-state index is 13.0. The molecule has 0 atom stereocenters. The van der Waals surface area contributed by atoms with Crippen molar-refractivity contribution in [1.29, 1.82) is 0 Å². The summed E-state index contributed by atoms with van der Waals surface area (Å²) in [6, 6.07) is 21.7. The van der Waals surface area contributed by atoms with Crippen molar-refractivity contribution in [2.45, 2.75) is 6.54 Å². The van der Waals surface area contributed by atoms with Gasteiger partial charge in [0.2, 0.25) is 0 Å². The number of hydrogen-bond acceptors (Lipinski definition) is 4. The molecule has 3 amide bonds. The van der Waals surface area contributed by atoms with E-state index in [4.69, 9.17) is 11.6 Å². The van der Waals surface area contributed by atoms with Crippen molar-refractivity contribution < 1.29 is 14.4 Å². The van der Waals surface area contributed by atoms with Crippen LogP contribution in [0.25, 0.3) is 0 Å².